The lowest BCUT2D eigenvalue weighted by Crippen LogP contribution is -2.42. The van der Waals surface area contributed by atoms with Crippen molar-refractivity contribution in [3.63, 3.8) is 0 Å². The summed E-state index contributed by atoms with van der Waals surface area (Å²) in [4.78, 5) is 2.11. The number of nitrogens with zero attached hydrogens (tertiary/aromatic N) is 1. The van der Waals surface area contributed by atoms with E-state index in [0.717, 1.165) is 30.5 Å². The van der Waals surface area contributed by atoms with E-state index in [-0.39, 0.29) is 11.7 Å². The molecule has 2 atom stereocenters. The zero-order valence-electron chi connectivity index (χ0n) is 17.0. The maximum Gasteiger partial charge on any atom is 0.123 e. The molecule has 2 unspecified atom stereocenters. The molecule has 0 spiro atoms. The zero-order chi connectivity index (χ0) is 19.9. The summed E-state index contributed by atoms with van der Waals surface area (Å²) < 4.78 is 13.2. The number of aliphatic hydroxyl groups is 1. The molecule has 0 amide bonds. The van der Waals surface area contributed by atoms with Gasteiger partial charge in [0.15, 0.2) is 0 Å². The van der Waals surface area contributed by atoms with Crippen LogP contribution in [0.3, 0.4) is 0 Å². The minimum atomic E-state index is -0.895. The van der Waals surface area contributed by atoms with Crippen LogP contribution in [0.25, 0.3) is 6.08 Å². The van der Waals surface area contributed by atoms with E-state index in [1.807, 2.05) is 33.2 Å². The molecule has 1 N–H and O–H groups in total. The minimum absolute atomic E-state index is 0.0833. The van der Waals surface area contributed by atoms with Crippen molar-refractivity contribution in [3.8, 4) is 0 Å². The van der Waals surface area contributed by atoms with Crippen molar-refractivity contribution in [2.75, 3.05) is 20.6 Å². The summed E-state index contributed by atoms with van der Waals surface area (Å²) in [5, 5.41) is 11.6. The van der Waals surface area contributed by atoms with Gasteiger partial charge in [0.1, 0.15) is 5.82 Å². The SMILES string of the molecule is C/C(=C/c1ccc(F)cc1)C(O)(CCCc1ccccc1)C(C)CN(C)C. The fourth-order valence-electron chi connectivity index (χ4n) is 3.67. The van der Waals surface area contributed by atoms with Crippen LogP contribution in [-0.4, -0.2) is 36.2 Å². The topological polar surface area (TPSA) is 23.5 Å². The van der Waals surface area contributed by atoms with Crippen molar-refractivity contribution in [1.29, 1.82) is 0 Å². The Morgan fingerprint density at radius 1 is 1.11 bits per heavy atom. The highest BCUT2D eigenvalue weighted by molar-refractivity contribution is 5.54. The van der Waals surface area contributed by atoms with Crippen LogP contribution in [0.5, 0.6) is 0 Å². The van der Waals surface area contributed by atoms with Crippen LogP contribution in [-0.2, 0) is 6.42 Å². The van der Waals surface area contributed by atoms with Gasteiger partial charge < -0.3 is 10.0 Å². The van der Waals surface area contributed by atoms with Gasteiger partial charge in [-0.15, -0.1) is 0 Å². The maximum atomic E-state index is 13.2. The Balaban J connectivity index is 2.18. The molecule has 0 aliphatic carbocycles. The molecule has 0 aliphatic heterocycles. The van der Waals surface area contributed by atoms with Gasteiger partial charge in [0.05, 0.1) is 5.60 Å². The molecule has 2 aromatic rings. The summed E-state index contributed by atoms with van der Waals surface area (Å²) in [5.74, 6) is -0.163. The van der Waals surface area contributed by atoms with E-state index in [4.69, 9.17) is 0 Å². The van der Waals surface area contributed by atoms with Crippen LogP contribution in [0.15, 0.2) is 60.2 Å². The Hall–Kier alpha value is -1.97. The van der Waals surface area contributed by atoms with E-state index in [9.17, 15) is 9.50 Å². The molecule has 2 aromatic carbocycles. The molecule has 27 heavy (non-hydrogen) atoms. The monoisotopic (exact) mass is 369 g/mol. The van der Waals surface area contributed by atoms with Crippen LogP contribution < -0.4 is 0 Å². The molecule has 0 fully saturated rings. The predicted molar refractivity (Wildman–Crippen MR) is 112 cm³/mol. The fraction of sp³-hybridized carbons (Fsp3) is 0.417. The molecule has 0 saturated heterocycles. The maximum absolute atomic E-state index is 13.2. The van der Waals surface area contributed by atoms with E-state index >= 15 is 0 Å². The number of rotatable bonds is 9. The second-order valence-electron chi connectivity index (χ2n) is 7.81. The summed E-state index contributed by atoms with van der Waals surface area (Å²) >= 11 is 0. The average Bonchev–Trinajstić information content (AvgIpc) is 2.63. The molecule has 2 rings (SSSR count). The second kappa shape index (κ2) is 9.82. The van der Waals surface area contributed by atoms with Crippen molar-refractivity contribution < 1.29 is 9.50 Å². The first-order valence-corrected chi connectivity index (χ1v) is 9.66. The highest BCUT2D eigenvalue weighted by Gasteiger charge is 2.35. The third kappa shape index (κ3) is 6.30. The van der Waals surface area contributed by atoms with Gasteiger partial charge in [-0.3, -0.25) is 0 Å². The average molecular weight is 370 g/mol. The molecular weight excluding hydrogens is 337 g/mol. The molecule has 0 radical (unpaired) electrons. The Morgan fingerprint density at radius 2 is 1.74 bits per heavy atom. The minimum Gasteiger partial charge on any atom is -0.385 e. The molecule has 146 valence electrons. The lowest BCUT2D eigenvalue weighted by Gasteiger charge is -2.37. The molecule has 0 aliphatic rings. The second-order valence-corrected chi connectivity index (χ2v) is 7.81. The third-order valence-corrected chi connectivity index (χ3v) is 5.26. The largest absolute Gasteiger partial charge is 0.385 e. The molecule has 0 saturated carbocycles. The Kier molecular flexibility index (Phi) is 7.76. The number of aryl methyl sites for hydroxylation is 1. The molecule has 3 heteroatoms. The van der Waals surface area contributed by atoms with Crippen LogP contribution in [0.1, 0.15) is 37.8 Å². The van der Waals surface area contributed by atoms with E-state index < -0.39 is 5.60 Å². The van der Waals surface area contributed by atoms with Crippen molar-refractivity contribution in [3.05, 3.63) is 77.1 Å². The van der Waals surface area contributed by atoms with Gasteiger partial charge in [0.2, 0.25) is 0 Å². The standard InChI is InChI=1S/C24H32FNO/c1-19(17-22-12-14-23(25)15-13-22)24(27,20(2)18-26(3)4)16-8-11-21-9-6-5-7-10-21/h5-7,9-10,12-15,17,20,27H,8,11,16,18H2,1-4H3/b19-17-. The van der Waals surface area contributed by atoms with Crippen LogP contribution in [0.2, 0.25) is 0 Å². The highest BCUT2D eigenvalue weighted by atomic mass is 19.1. The predicted octanol–water partition coefficient (Wildman–Crippen LogP) is 5.18. The number of benzene rings is 2. The van der Waals surface area contributed by atoms with E-state index in [2.05, 4.69) is 36.1 Å². The lowest BCUT2D eigenvalue weighted by atomic mass is 9.77. The highest BCUT2D eigenvalue weighted by Crippen LogP contribution is 2.33. The first-order chi connectivity index (χ1) is 12.8. The van der Waals surface area contributed by atoms with Gasteiger partial charge in [0, 0.05) is 12.5 Å². The van der Waals surface area contributed by atoms with Crippen molar-refractivity contribution >= 4 is 6.08 Å². The summed E-state index contributed by atoms with van der Waals surface area (Å²) in [6.45, 7) is 4.89. The molecule has 0 heterocycles. The summed E-state index contributed by atoms with van der Waals surface area (Å²) in [7, 11) is 4.06. The van der Waals surface area contributed by atoms with E-state index in [1.54, 1.807) is 12.1 Å². The molecule has 2 nitrogen and oxygen atoms in total. The van der Waals surface area contributed by atoms with Gasteiger partial charge in [-0.25, -0.2) is 4.39 Å². The molecular formula is C24H32FNO. The number of hydrogen-bond donors (Lipinski definition) is 1. The molecule has 0 bridgehead atoms. The van der Waals surface area contributed by atoms with E-state index in [1.165, 1.54) is 17.7 Å². The van der Waals surface area contributed by atoms with Gasteiger partial charge in [-0.1, -0.05) is 55.5 Å². The Labute approximate surface area is 163 Å². The summed E-state index contributed by atoms with van der Waals surface area (Å²) in [6.07, 6.45) is 4.53. The quantitative estimate of drug-likeness (QED) is 0.658. The summed E-state index contributed by atoms with van der Waals surface area (Å²) in [6, 6.07) is 16.8. The first-order valence-electron chi connectivity index (χ1n) is 9.66. The van der Waals surface area contributed by atoms with Crippen LogP contribution >= 0.6 is 0 Å². The van der Waals surface area contributed by atoms with E-state index in [0.29, 0.717) is 6.42 Å². The lowest BCUT2D eigenvalue weighted by molar-refractivity contribution is 0.00550. The smallest absolute Gasteiger partial charge is 0.123 e. The first kappa shape index (κ1) is 21.3. The summed E-state index contributed by atoms with van der Waals surface area (Å²) in [5.41, 5.74) is 2.23. The van der Waals surface area contributed by atoms with Crippen molar-refractivity contribution in [2.45, 2.75) is 38.7 Å². The van der Waals surface area contributed by atoms with Gasteiger partial charge in [0.25, 0.3) is 0 Å². The number of halogens is 1. The normalized spacial score (nSPS) is 15.6. The fourth-order valence-corrected chi connectivity index (χ4v) is 3.67. The zero-order valence-corrected chi connectivity index (χ0v) is 17.0. The van der Waals surface area contributed by atoms with Gasteiger partial charge in [-0.05, 0) is 69.1 Å². The molecule has 0 aromatic heterocycles. The van der Waals surface area contributed by atoms with Crippen LogP contribution in [0.4, 0.5) is 4.39 Å². The van der Waals surface area contributed by atoms with Gasteiger partial charge in [-0.2, -0.15) is 0 Å². The third-order valence-electron chi connectivity index (χ3n) is 5.26. The van der Waals surface area contributed by atoms with Gasteiger partial charge >= 0.3 is 0 Å². The Morgan fingerprint density at radius 3 is 2.33 bits per heavy atom. The van der Waals surface area contributed by atoms with Crippen molar-refractivity contribution in [2.24, 2.45) is 5.92 Å². The Bertz CT molecular complexity index is 724. The number of hydrogen-bond acceptors (Lipinski definition) is 2. The van der Waals surface area contributed by atoms with Crippen molar-refractivity contribution in [1.82, 2.24) is 4.90 Å². The van der Waals surface area contributed by atoms with Crippen LogP contribution in [0, 0.1) is 11.7 Å².